The summed E-state index contributed by atoms with van der Waals surface area (Å²) in [5, 5.41) is 9.66. The van der Waals surface area contributed by atoms with Gasteiger partial charge in [-0.2, -0.15) is 0 Å². The van der Waals surface area contributed by atoms with E-state index < -0.39 is 17.8 Å². The van der Waals surface area contributed by atoms with E-state index in [0.29, 0.717) is 16.1 Å². The van der Waals surface area contributed by atoms with Crippen LogP contribution in [0.1, 0.15) is 19.9 Å². The minimum Gasteiger partial charge on any atom is -0.480 e. The normalized spacial score (nSPS) is 13.1. The molecule has 0 saturated carbocycles. The van der Waals surface area contributed by atoms with E-state index in [1.165, 1.54) is 6.07 Å². The number of carbonyl (C=O) groups is 1. The van der Waals surface area contributed by atoms with E-state index in [2.05, 4.69) is 0 Å². The van der Waals surface area contributed by atoms with Gasteiger partial charge in [-0.05, 0) is 24.1 Å². The van der Waals surface area contributed by atoms with Crippen molar-refractivity contribution in [2.75, 3.05) is 0 Å². The van der Waals surface area contributed by atoms with E-state index in [0.717, 1.165) is 4.57 Å². The van der Waals surface area contributed by atoms with E-state index in [1.54, 1.807) is 26.0 Å². The molecule has 0 radical (unpaired) electrons. The number of carboxylic acids is 1. The number of oxazole rings is 1. The van der Waals surface area contributed by atoms with Crippen LogP contribution in [0.15, 0.2) is 27.4 Å². The van der Waals surface area contributed by atoms with Crippen LogP contribution in [0.2, 0.25) is 5.02 Å². The molecular formula is C12H12ClNO4. The Hall–Kier alpha value is -1.75. The number of benzene rings is 1. The first-order valence-corrected chi connectivity index (χ1v) is 5.83. The Kier molecular flexibility index (Phi) is 3.17. The molecule has 5 nitrogen and oxygen atoms in total. The number of fused-ring (bicyclic) bond motifs is 1. The van der Waals surface area contributed by atoms with Crippen molar-refractivity contribution in [1.82, 2.24) is 4.57 Å². The van der Waals surface area contributed by atoms with E-state index in [1.807, 2.05) is 0 Å². The molecule has 0 bridgehead atoms. The van der Waals surface area contributed by atoms with Gasteiger partial charge in [-0.15, -0.1) is 0 Å². The summed E-state index contributed by atoms with van der Waals surface area (Å²) in [6.45, 7) is 3.46. The van der Waals surface area contributed by atoms with Gasteiger partial charge in [-0.25, -0.2) is 9.59 Å². The lowest BCUT2D eigenvalue weighted by atomic mass is 10.0. The predicted molar refractivity (Wildman–Crippen MR) is 67.0 cm³/mol. The molecule has 6 heteroatoms. The molecule has 1 heterocycles. The number of rotatable bonds is 3. The molecule has 0 aliphatic heterocycles. The molecule has 1 aromatic carbocycles. The molecule has 0 aliphatic carbocycles. The van der Waals surface area contributed by atoms with Crippen molar-refractivity contribution in [3.63, 3.8) is 0 Å². The van der Waals surface area contributed by atoms with Crippen LogP contribution >= 0.6 is 11.6 Å². The van der Waals surface area contributed by atoms with Gasteiger partial charge >= 0.3 is 11.7 Å². The summed E-state index contributed by atoms with van der Waals surface area (Å²) < 4.78 is 6.15. The minimum absolute atomic E-state index is 0.250. The number of carboxylic acid groups (broad SMARTS) is 1. The molecule has 1 aromatic heterocycles. The van der Waals surface area contributed by atoms with Crippen LogP contribution in [-0.4, -0.2) is 15.6 Å². The van der Waals surface area contributed by atoms with Crippen LogP contribution in [0.25, 0.3) is 11.1 Å². The molecule has 0 fully saturated rings. The van der Waals surface area contributed by atoms with Crippen LogP contribution in [0.3, 0.4) is 0 Å². The maximum Gasteiger partial charge on any atom is 0.420 e. The van der Waals surface area contributed by atoms with E-state index >= 15 is 0 Å². The topological polar surface area (TPSA) is 72.4 Å². The van der Waals surface area contributed by atoms with E-state index in [-0.39, 0.29) is 5.92 Å². The Labute approximate surface area is 108 Å². The quantitative estimate of drug-likeness (QED) is 0.929. The third-order valence-electron chi connectivity index (χ3n) is 2.74. The summed E-state index contributed by atoms with van der Waals surface area (Å²) in [6.07, 6.45) is 0. The molecule has 1 atom stereocenters. The maximum atomic E-state index is 11.8. The summed E-state index contributed by atoms with van der Waals surface area (Å²) in [4.78, 5) is 23.1. The van der Waals surface area contributed by atoms with Gasteiger partial charge in [0.15, 0.2) is 5.58 Å². The zero-order chi connectivity index (χ0) is 13.4. The molecule has 1 unspecified atom stereocenters. The summed E-state index contributed by atoms with van der Waals surface area (Å²) in [5.74, 6) is -2.01. The van der Waals surface area contributed by atoms with Gasteiger partial charge in [0.25, 0.3) is 0 Å². The second kappa shape index (κ2) is 4.49. The van der Waals surface area contributed by atoms with Gasteiger partial charge in [0.1, 0.15) is 6.04 Å². The van der Waals surface area contributed by atoms with Crippen molar-refractivity contribution in [3.8, 4) is 0 Å². The first-order chi connectivity index (χ1) is 8.41. The molecule has 0 aliphatic rings. The third kappa shape index (κ3) is 2.01. The van der Waals surface area contributed by atoms with Gasteiger partial charge in [0, 0.05) is 5.02 Å². The van der Waals surface area contributed by atoms with Crippen molar-refractivity contribution in [3.05, 3.63) is 33.8 Å². The molecule has 2 rings (SSSR count). The highest BCUT2D eigenvalue weighted by Crippen LogP contribution is 2.25. The third-order valence-corrected chi connectivity index (χ3v) is 2.97. The van der Waals surface area contributed by atoms with E-state index in [9.17, 15) is 14.7 Å². The lowest BCUT2D eigenvalue weighted by Crippen LogP contribution is -2.30. The number of nitrogens with zero attached hydrogens (tertiary/aromatic N) is 1. The maximum absolute atomic E-state index is 11.8. The minimum atomic E-state index is -1.07. The zero-order valence-electron chi connectivity index (χ0n) is 9.88. The number of aliphatic carboxylic acids is 1. The number of aromatic nitrogens is 1. The van der Waals surface area contributed by atoms with Gasteiger partial charge < -0.3 is 9.52 Å². The predicted octanol–water partition coefficient (Wildman–Crippen LogP) is 2.53. The largest absolute Gasteiger partial charge is 0.480 e. The van der Waals surface area contributed by atoms with Gasteiger partial charge in [-0.1, -0.05) is 25.4 Å². The average molecular weight is 270 g/mol. The fourth-order valence-corrected chi connectivity index (χ4v) is 2.13. The highest BCUT2D eigenvalue weighted by atomic mass is 35.5. The highest BCUT2D eigenvalue weighted by Gasteiger charge is 2.28. The Balaban J connectivity index is 2.76. The Morgan fingerprint density at radius 3 is 2.67 bits per heavy atom. The molecule has 96 valence electrons. The van der Waals surface area contributed by atoms with Gasteiger partial charge in [0.2, 0.25) is 0 Å². The average Bonchev–Trinajstić information content (AvgIpc) is 2.55. The van der Waals surface area contributed by atoms with Crippen molar-refractivity contribution in [1.29, 1.82) is 0 Å². The Morgan fingerprint density at radius 1 is 1.44 bits per heavy atom. The number of hydrogen-bond donors (Lipinski definition) is 1. The van der Waals surface area contributed by atoms with Crippen LogP contribution in [0, 0.1) is 5.92 Å². The van der Waals surface area contributed by atoms with Crippen LogP contribution in [-0.2, 0) is 4.79 Å². The standard InChI is InChI=1S/C12H12ClNO4/c1-6(2)10(11(15)16)14-8-5-7(13)3-4-9(8)18-12(14)17/h3-6,10H,1-2H3,(H,15,16). The van der Waals surface area contributed by atoms with Gasteiger partial charge in [0.05, 0.1) is 5.52 Å². The highest BCUT2D eigenvalue weighted by molar-refractivity contribution is 6.31. The monoisotopic (exact) mass is 269 g/mol. The lowest BCUT2D eigenvalue weighted by molar-refractivity contribution is -0.142. The fourth-order valence-electron chi connectivity index (χ4n) is 1.96. The zero-order valence-corrected chi connectivity index (χ0v) is 10.6. The molecule has 0 amide bonds. The second-order valence-corrected chi connectivity index (χ2v) is 4.81. The van der Waals surface area contributed by atoms with Crippen LogP contribution in [0.4, 0.5) is 0 Å². The van der Waals surface area contributed by atoms with Crippen molar-refractivity contribution >= 4 is 28.7 Å². The first kappa shape index (κ1) is 12.7. The molecule has 0 saturated heterocycles. The molecule has 18 heavy (non-hydrogen) atoms. The molecule has 0 spiro atoms. The number of hydrogen-bond acceptors (Lipinski definition) is 3. The molecule has 1 N–H and O–H groups in total. The van der Waals surface area contributed by atoms with Crippen molar-refractivity contribution in [2.24, 2.45) is 5.92 Å². The SMILES string of the molecule is CC(C)C(C(=O)O)n1c(=O)oc2ccc(Cl)cc21. The fraction of sp³-hybridized carbons (Fsp3) is 0.333. The number of halogens is 1. The lowest BCUT2D eigenvalue weighted by Gasteiger charge is -2.16. The molecular weight excluding hydrogens is 258 g/mol. The van der Waals surface area contributed by atoms with Crippen molar-refractivity contribution in [2.45, 2.75) is 19.9 Å². The Morgan fingerprint density at radius 2 is 2.11 bits per heavy atom. The first-order valence-electron chi connectivity index (χ1n) is 5.45. The summed E-state index contributed by atoms with van der Waals surface area (Å²) in [5.41, 5.74) is 0.727. The van der Waals surface area contributed by atoms with Crippen LogP contribution < -0.4 is 5.76 Å². The summed E-state index contributed by atoms with van der Waals surface area (Å²) >= 11 is 5.86. The van der Waals surface area contributed by atoms with Crippen LogP contribution in [0.5, 0.6) is 0 Å². The summed E-state index contributed by atoms with van der Waals surface area (Å²) in [6, 6.07) is 3.69. The molecule has 2 aromatic rings. The second-order valence-electron chi connectivity index (χ2n) is 4.38. The summed E-state index contributed by atoms with van der Waals surface area (Å²) in [7, 11) is 0. The van der Waals surface area contributed by atoms with Crippen molar-refractivity contribution < 1.29 is 14.3 Å². The smallest absolute Gasteiger partial charge is 0.420 e. The van der Waals surface area contributed by atoms with Gasteiger partial charge in [-0.3, -0.25) is 4.57 Å². The van der Waals surface area contributed by atoms with E-state index in [4.69, 9.17) is 16.0 Å². The Bertz CT molecular complexity index is 656.